The molecular formula is C18H17N3O. The van der Waals surface area contributed by atoms with Gasteiger partial charge in [-0.1, -0.05) is 19.9 Å². The van der Waals surface area contributed by atoms with E-state index in [0.29, 0.717) is 17.9 Å². The molecule has 4 heteroatoms. The average molecular weight is 291 g/mol. The Kier molecular flexibility index (Phi) is 3.92. The normalized spacial score (nSPS) is 11.0. The zero-order chi connectivity index (χ0) is 15.5. The van der Waals surface area contributed by atoms with Gasteiger partial charge in [-0.05, 0) is 36.2 Å². The molecule has 2 aromatic heterocycles. The van der Waals surface area contributed by atoms with E-state index in [-0.39, 0.29) is 5.78 Å². The Balaban J connectivity index is 1.85. The average Bonchev–Trinajstić information content (AvgIpc) is 2.54. The van der Waals surface area contributed by atoms with Crippen molar-refractivity contribution in [2.24, 2.45) is 0 Å². The van der Waals surface area contributed by atoms with Crippen LogP contribution >= 0.6 is 0 Å². The van der Waals surface area contributed by atoms with Gasteiger partial charge in [-0.15, -0.1) is 0 Å². The van der Waals surface area contributed by atoms with Crippen molar-refractivity contribution in [3.8, 4) is 0 Å². The highest BCUT2D eigenvalue weighted by molar-refractivity contribution is 5.99. The Morgan fingerprint density at radius 3 is 2.59 bits per heavy atom. The van der Waals surface area contributed by atoms with Crippen LogP contribution in [-0.2, 0) is 6.42 Å². The monoisotopic (exact) mass is 291 g/mol. The molecular weight excluding hydrogens is 274 g/mol. The van der Waals surface area contributed by atoms with Crippen LogP contribution < -0.4 is 0 Å². The number of ketones is 1. The second-order valence-electron chi connectivity index (χ2n) is 5.57. The fraction of sp³-hybridized carbons (Fsp3) is 0.222. The van der Waals surface area contributed by atoms with Gasteiger partial charge in [0.1, 0.15) is 0 Å². The van der Waals surface area contributed by atoms with Crippen molar-refractivity contribution in [1.29, 1.82) is 0 Å². The Morgan fingerprint density at radius 2 is 1.82 bits per heavy atom. The van der Waals surface area contributed by atoms with E-state index in [9.17, 15) is 4.79 Å². The number of nitrogens with zero attached hydrogens (tertiary/aromatic N) is 3. The third-order valence-corrected chi connectivity index (χ3v) is 3.55. The van der Waals surface area contributed by atoms with Gasteiger partial charge < -0.3 is 0 Å². The molecule has 2 heterocycles. The lowest BCUT2D eigenvalue weighted by atomic mass is 10.0. The van der Waals surface area contributed by atoms with E-state index < -0.39 is 0 Å². The van der Waals surface area contributed by atoms with Gasteiger partial charge in [-0.25, -0.2) is 0 Å². The number of Topliss-reactive ketones (excluding diaryl/α,β-unsaturated/α-hetero) is 1. The molecule has 0 aliphatic heterocycles. The minimum absolute atomic E-state index is 0.0426. The summed E-state index contributed by atoms with van der Waals surface area (Å²) in [4.78, 5) is 25.5. The number of carbonyl (C=O) groups is 1. The summed E-state index contributed by atoms with van der Waals surface area (Å²) in [7, 11) is 0. The van der Waals surface area contributed by atoms with Gasteiger partial charge >= 0.3 is 0 Å². The summed E-state index contributed by atoms with van der Waals surface area (Å²) >= 11 is 0. The molecule has 0 saturated carbocycles. The Hall–Kier alpha value is -2.62. The smallest absolute Gasteiger partial charge is 0.168 e. The van der Waals surface area contributed by atoms with Crippen molar-refractivity contribution in [2.45, 2.75) is 26.2 Å². The first-order valence-corrected chi connectivity index (χ1v) is 7.33. The zero-order valence-corrected chi connectivity index (χ0v) is 12.7. The molecule has 0 aliphatic rings. The Labute approximate surface area is 129 Å². The fourth-order valence-electron chi connectivity index (χ4n) is 2.32. The molecule has 0 radical (unpaired) electrons. The highest BCUT2D eigenvalue weighted by Crippen LogP contribution is 2.15. The lowest BCUT2D eigenvalue weighted by molar-refractivity contribution is 0.0992. The number of fused-ring (bicyclic) bond motifs is 1. The molecule has 110 valence electrons. The maximum Gasteiger partial charge on any atom is 0.168 e. The van der Waals surface area contributed by atoms with Gasteiger partial charge in [-0.3, -0.25) is 19.7 Å². The van der Waals surface area contributed by atoms with Gasteiger partial charge in [0.25, 0.3) is 0 Å². The molecule has 0 atom stereocenters. The third kappa shape index (κ3) is 3.01. The van der Waals surface area contributed by atoms with Crippen molar-refractivity contribution < 1.29 is 4.79 Å². The fourth-order valence-corrected chi connectivity index (χ4v) is 2.32. The van der Waals surface area contributed by atoms with Crippen LogP contribution in [0.2, 0.25) is 0 Å². The largest absolute Gasteiger partial charge is 0.294 e. The van der Waals surface area contributed by atoms with Gasteiger partial charge in [-0.2, -0.15) is 0 Å². The first kappa shape index (κ1) is 14.3. The number of pyridine rings is 1. The topological polar surface area (TPSA) is 55.7 Å². The van der Waals surface area contributed by atoms with E-state index in [1.807, 2.05) is 24.3 Å². The maximum absolute atomic E-state index is 12.5. The maximum atomic E-state index is 12.5. The van der Waals surface area contributed by atoms with Crippen LogP contribution in [0.5, 0.6) is 0 Å². The van der Waals surface area contributed by atoms with Crippen LogP contribution in [0.15, 0.2) is 48.8 Å². The standard InChI is InChI=1S/C18H17N3O/c1-12(2)15-5-3-4-14(21-15)11-18(22)13-6-7-16-17(10-13)20-9-8-19-16/h3-10,12H,11H2,1-2H3. The van der Waals surface area contributed by atoms with Crippen molar-refractivity contribution >= 4 is 16.8 Å². The summed E-state index contributed by atoms with van der Waals surface area (Å²) in [5, 5.41) is 0. The number of benzene rings is 1. The minimum atomic E-state index is 0.0426. The molecule has 0 spiro atoms. The van der Waals surface area contributed by atoms with Gasteiger partial charge in [0.2, 0.25) is 0 Å². The highest BCUT2D eigenvalue weighted by Gasteiger charge is 2.10. The van der Waals surface area contributed by atoms with Crippen LogP contribution in [0.3, 0.4) is 0 Å². The molecule has 0 N–H and O–H groups in total. The van der Waals surface area contributed by atoms with Crippen molar-refractivity contribution in [3.63, 3.8) is 0 Å². The Morgan fingerprint density at radius 1 is 1.05 bits per heavy atom. The van der Waals surface area contributed by atoms with E-state index in [0.717, 1.165) is 22.4 Å². The van der Waals surface area contributed by atoms with E-state index in [4.69, 9.17) is 0 Å². The highest BCUT2D eigenvalue weighted by atomic mass is 16.1. The lowest BCUT2D eigenvalue weighted by Crippen LogP contribution is -2.07. The molecule has 0 bridgehead atoms. The first-order chi connectivity index (χ1) is 10.6. The first-order valence-electron chi connectivity index (χ1n) is 7.33. The quantitative estimate of drug-likeness (QED) is 0.689. The van der Waals surface area contributed by atoms with E-state index in [2.05, 4.69) is 28.8 Å². The predicted octanol–water partition coefficient (Wildman–Crippen LogP) is 3.57. The summed E-state index contributed by atoms with van der Waals surface area (Å²) in [5.74, 6) is 0.395. The van der Waals surface area contributed by atoms with Crippen LogP contribution in [0.4, 0.5) is 0 Å². The molecule has 0 fully saturated rings. The Bertz CT molecular complexity index is 827. The molecule has 22 heavy (non-hydrogen) atoms. The van der Waals surface area contributed by atoms with Crippen molar-refractivity contribution in [2.75, 3.05) is 0 Å². The molecule has 1 aromatic carbocycles. The van der Waals surface area contributed by atoms with Crippen molar-refractivity contribution in [1.82, 2.24) is 15.0 Å². The van der Waals surface area contributed by atoms with E-state index >= 15 is 0 Å². The van der Waals surface area contributed by atoms with Crippen molar-refractivity contribution in [3.05, 3.63) is 65.7 Å². The summed E-state index contributed by atoms with van der Waals surface area (Å²) < 4.78 is 0. The number of hydrogen-bond acceptors (Lipinski definition) is 4. The molecule has 0 amide bonds. The van der Waals surface area contributed by atoms with Gasteiger partial charge in [0.15, 0.2) is 5.78 Å². The number of rotatable bonds is 4. The predicted molar refractivity (Wildman–Crippen MR) is 85.9 cm³/mol. The van der Waals surface area contributed by atoms with Crippen LogP contribution in [0, 0.1) is 0 Å². The van der Waals surface area contributed by atoms with Gasteiger partial charge in [0.05, 0.1) is 17.5 Å². The molecule has 4 nitrogen and oxygen atoms in total. The minimum Gasteiger partial charge on any atom is -0.294 e. The van der Waals surface area contributed by atoms with Crippen LogP contribution in [0.1, 0.15) is 41.5 Å². The molecule has 0 unspecified atom stereocenters. The molecule has 3 aromatic rings. The lowest BCUT2D eigenvalue weighted by Gasteiger charge is -2.07. The van der Waals surface area contributed by atoms with Crippen LogP contribution in [0.25, 0.3) is 11.0 Å². The molecule has 0 aliphatic carbocycles. The van der Waals surface area contributed by atoms with Gasteiger partial charge in [0, 0.05) is 29.3 Å². The SMILES string of the molecule is CC(C)c1cccc(CC(=O)c2ccc3nccnc3c2)n1. The number of aromatic nitrogens is 3. The number of hydrogen-bond donors (Lipinski definition) is 0. The second kappa shape index (κ2) is 6.02. The summed E-state index contributed by atoms with van der Waals surface area (Å²) in [5.41, 5.74) is 3.98. The second-order valence-corrected chi connectivity index (χ2v) is 5.57. The number of carbonyl (C=O) groups excluding carboxylic acids is 1. The third-order valence-electron chi connectivity index (χ3n) is 3.55. The summed E-state index contributed by atoms with van der Waals surface area (Å²) in [6.07, 6.45) is 3.57. The summed E-state index contributed by atoms with van der Waals surface area (Å²) in [6.45, 7) is 4.19. The molecule has 0 saturated heterocycles. The summed E-state index contributed by atoms with van der Waals surface area (Å²) in [6, 6.07) is 11.3. The van der Waals surface area contributed by atoms with Crippen LogP contribution in [-0.4, -0.2) is 20.7 Å². The zero-order valence-electron chi connectivity index (χ0n) is 12.7. The van der Waals surface area contributed by atoms with E-state index in [1.165, 1.54) is 0 Å². The molecule has 3 rings (SSSR count). The van der Waals surface area contributed by atoms with E-state index in [1.54, 1.807) is 24.5 Å².